The van der Waals surface area contributed by atoms with E-state index >= 15 is 0 Å². The van der Waals surface area contributed by atoms with Crippen LogP contribution >= 0.6 is 11.6 Å². The summed E-state index contributed by atoms with van der Waals surface area (Å²) in [5, 5.41) is 0.734. The number of halogens is 1. The number of nitrogens with zero attached hydrogens (tertiary/aromatic N) is 2. The number of hydrogen-bond acceptors (Lipinski definition) is 2. The van der Waals surface area contributed by atoms with Gasteiger partial charge >= 0.3 is 0 Å². The SMILES string of the molecule is COc1ccc([C@H](c2ccc(Cl)cc2)n2ccnc2)cc1. The van der Waals surface area contributed by atoms with Crippen LogP contribution in [0.15, 0.2) is 67.3 Å². The maximum atomic E-state index is 5.99. The van der Waals surface area contributed by atoms with Crippen molar-refractivity contribution in [3.8, 4) is 5.75 Å². The van der Waals surface area contributed by atoms with Gasteiger partial charge in [-0.25, -0.2) is 4.98 Å². The first-order chi connectivity index (χ1) is 10.3. The Labute approximate surface area is 128 Å². The molecule has 21 heavy (non-hydrogen) atoms. The zero-order valence-electron chi connectivity index (χ0n) is 11.6. The summed E-state index contributed by atoms with van der Waals surface area (Å²) in [6.07, 6.45) is 5.57. The number of aromatic nitrogens is 2. The van der Waals surface area contributed by atoms with Gasteiger partial charge < -0.3 is 9.30 Å². The van der Waals surface area contributed by atoms with E-state index in [0.717, 1.165) is 21.9 Å². The Balaban J connectivity index is 2.05. The Hall–Kier alpha value is -2.26. The van der Waals surface area contributed by atoms with Crippen molar-refractivity contribution in [1.82, 2.24) is 9.55 Å². The molecule has 0 saturated carbocycles. The number of imidazole rings is 1. The average Bonchev–Trinajstić information content (AvgIpc) is 3.04. The smallest absolute Gasteiger partial charge is 0.118 e. The number of methoxy groups -OCH3 is 1. The van der Waals surface area contributed by atoms with E-state index in [1.807, 2.05) is 48.9 Å². The topological polar surface area (TPSA) is 27.1 Å². The Morgan fingerprint density at radius 1 is 1.00 bits per heavy atom. The maximum absolute atomic E-state index is 5.99. The predicted octanol–water partition coefficient (Wildman–Crippen LogP) is 4.18. The van der Waals surface area contributed by atoms with E-state index in [4.69, 9.17) is 16.3 Å². The van der Waals surface area contributed by atoms with Gasteiger partial charge in [-0.1, -0.05) is 35.9 Å². The molecule has 0 bridgehead atoms. The number of ether oxygens (including phenoxy) is 1. The van der Waals surface area contributed by atoms with Gasteiger partial charge in [0.25, 0.3) is 0 Å². The van der Waals surface area contributed by atoms with Crippen molar-refractivity contribution in [3.63, 3.8) is 0 Å². The predicted molar refractivity (Wildman–Crippen MR) is 83.9 cm³/mol. The fourth-order valence-electron chi connectivity index (χ4n) is 2.39. The largest absolute Gasteiger partial charge is 0.497 e. The lowest BCUT2D eigenvalue weighted by atomic mass is 9.98. The minimum Gasteiger partial charge on any atom is -0.497 e. The van der Waals surface area contributed by atoms with Crippen LogP contribution in [0.25, 0.3) is 0 Å². The molecule has 2 aromatic carbocycles. The third kappa shape index (κ3) is 2.93. The maximum Gasteiger partial charge on any atom is 0.118 e. The van der Waals surface area contributed by atoms with Crippen LogP contribution in [0, 0.1) is 0 Å². The molecule has 4 heteroatoms. The molecule has 0 fully saturated rings. The molecule has 0 aliphatic carbocycles. The highest BCUT2D eigenvalue weighted by atomic mass is 35.5. The van der Waals surface area contributed by atoms with E-state index in [1.165, 1.54) is 0 Å². The number of rotatable bonds is 4. The third-order valence-corrected chi connectivity index (χ3v) is 3.69. The molecule has 0 unspecified atom stereocenters. The second-order valence-corrected chi connectivity index (χ2v) is 5.17. The van der Waals surface area contributed by atoms with Gasteiger partial charge in [0.2, 0.25) is 0 Å². The number of hydrogen-bond donors (Lipinski definition) is 0. The second kappa shape index (κ2) is 6.02. The molecule has 0 amide bonds. The van der Waals surface area contributed by atoms with Crippen LogP contribution in [0.1, 0.15) is 17.2 Å². The van der Waals surface area contributed by atoms with Crippen molar-refractivity contribution in [3.05, 3.63) is 83.4 Å². The van der Waals surface area contributed by atoms with Crippen molar-refractivity contribution >= 4 is 11.6 Å². The molecular weight excluding hydrogens is 284 g/mol. The van der Waals surface area contributed by atoms with E-state index in [2.05, 4.69) is 21.7 Å². The molecule has 1 atom stereocenters. The quantitative estimate of drug-likeness (QED) is 0.722. The molecular formula is C17H15ClN2O. The lowest BCUT2D eigenvalue weighted by Gasteiger charge is -2.20. The van der Waals surface area contributed by atoms with Crippen LogP contribution in [0.4, 0.5) is 0 Å². The third-order valence-electron chi connectivity index (χ3n) is 3.44. The van der Waals surface area contributed by atoms with E-state index < -0.39 is 0 Å². The van der Waals surface area contributed by atoms with Gasteiger partial charge in [0.15, 0.2) is 0 Å². The molecule has 1 aromatic heterocycles. The van der Waals surface area contributed by atoms with Crippen molar-refractivity contribution in [1.29, 1.82) is 0 Å². The fourth-order valence-corrected chi connectivity index (χ4v) is 2.52. The van der Waals surface area contributed by atoms with Gasteiger partial charge in [0.05, 0.1) is 19.5 Å². The van der Waals surface area contributed by atoms with Crippen LogP contribution in [0.5, 0.6) is 5.75 Å². The molecule has 0 spiro atoms. The van der Waals surface area contributed by atoms with Gasteiger partial charge in [0.1, 0.15) is 5.75 Å². The van der Waals surface area contributed by atoms with Crippen LogP contribution in [-0.4, -0.2) is 16.7 Å². The molecule has 0 saturated heterocycles. The number of benzene rings is 2. The molecule has 0 aliphatic heterocycles. The van der Waals surface area contributed by atoms with E-state index in [1.54, 1.807) is 13.3 Å². The fraction of sp³-hybridized carbons (Fsp3) is 0.118. The Morgan fingerprint density at radius 3 is 2.14 bits per heavy atom. The lowest BCUT2D eigenvalue weighted by Crippen LogP contribution is -2.10. The van der Waals surface area contributed by atoms with Crippen molar-refractivity contribution < 1.29 is 4.74 Å². The standard InChI is InChI=1S/C17H15ClN2O/c1-21-16-8-4-14(5-9-16)17(20-11-10-19-12-20)13-2-6-15(18)7-3-13/h2-12,17H,1H3/t17-/m0/s1. The first-order valence-corrected chi connectivity index (χ1v) is 7.02. The summed E-state index contributed by atoms with van der Waals surface area (Å²) in [6, 6.07) is 16.0. The summed E-state index contributed by atoms with van der Waals surface area (Å²) in [4.78, 5) is 4.16. The molecule has 0 N–H and O–H groups in total. The van der Waals surface area contributed by atoms with Crippen molar-refractivity contribution in [2.24, 2.45) is 0 Å². The molecule has 3 rings (SSSR count). The zero-order valence-corrected chi connectivity index (χ0v) is 12.4. The van der Waals surface area contributed by atoms with Crippen LogP contribution in [-0.2, 0) is 0 Å². The summed E-state index contributed by atoms with van der Waals surface area (Å²) >= 11 is 5.99. The van der Waals surface area contributed by atoms with Crippen LogP contribution in [0.3, 0.4) is 0 Å². The molecule has 106 valence electrons. The van der Waals surface area contributed by atoms with E-state index in [-0.39, 0.29) is 6.04 Å². The Morgan fingerprint density at radius 2 is 1.62 bits per heavy atom. The van der Waals surface area contributed by atoms with Crippen LogP contribution < -0.4 is 4.74 Å². The highest BCUT2D eigenvalue weighted by Gasteiger charge is 2.15. The van der Waals surface area contributed by atoms with E-state index in [0.29, 0.717) is 0 Å². The minimum atomic E-state index is 0.0654. The first-order valence-electron chi connectivity index (χ1n) is 6.65. The zero-order chi connectivity index (χ0) is 14.7. The Kier molecular flexibility index (Phi) is 3.93. The summed E-state index contributed by atoms with van der Waals surface area (Å²) in [7, 11) is 1.67. The lowest BCUT2D eigenvalue weighted by molar-refractivity contribution is 0.414. The first kappa shape index (κ1) is 13.7. The van der Waals surface area contributed by atoms with Gasteiger partial charge in [-0.3, -0.25) is 0 Å². The summed E-state index contributed by atoms with van der Waals surface area (Å²) in [5.74, 6) is 0.847. The molecule has 3 nitrogen and oxygen atoms in total. The van der Waals surface area contributed by atoms with Gasteiger partial charge in [-0.05, 0) is 35.4 Å². The van der Waals surface area contributed by atoms with Crippen molar-refractivity contribution in [2.75, 3.05) is 7.11 Å². The van der Waals surface area contributed by atoms with Crippen molar-refractivity contribution in [2.45, 2.75) is 6.04 Å². The highest BCUT2D eigenvalue weighted by Crippen LogP contribution is 2.28. The van der Waals surface area contributed by atoms with E-state index in [9.17, 15) is 0 Å². The van der Waals surface area contributed by atoms with Gasteiger partial charge in [-0.2, -0.15) is 0 Å². The van der Waals surface area contributed by atoms with Crippen LogP contribution in [0.2, 0.25) is 5.02 Å². The average molecular weight is 299 g/mol. The highest BCUT2D eigenvalue weighted by molar-refractivity contribution is 6.30. The van der Waals surface area contributed by atoms with Gasteiger partial charge in [0, 0.05) is 17.4 Å². The molecule has 0 aliphatic rings. The summed E-state index contributed by atoms with van der Waals surface area (Å²) in [6.45, 7) is 0. The molecule has 3 aromatic rings. The molecule has 0 radical (unpaired) electrons. The monoisotopic (exact) mass is 298 g/mol. The summed E-state index contributed by atoms with van der Waals surface area (Å²) in [5.41, 5.74) is 2.32. The minimum absolute atomic E-state index is 0.0654. The van der Waals surface area contributed by atoms with Gasteiger partial charge in [-0.15, -0.1) is 0 Å². The Bertz CT molecular complexity index is 691. The summed E-state index contributed by atoms with van der Waals surface area (Å²) < 4.78 is 7.30. The second-order valence-electron chi connectivity index (χ2n) is 4.74. The molecule has 1 heterocycles. The normalized spacial score (nSPS) is 12.1.